The number of carbonyl (C=O) groups is 3. The van der Waals surface area contributed by atoms with E-state index in [1.54, 1.807) is 0 Å². The summed E-state index contributed by atoms with van der Waals surface area (Å²) in [5.74, 6) is -2.97. The lowest BCUT2D eigenvalue weighted by Gasteiger charge is -2.12. The summed E-state index contributed by atoms with van der Waals surface area (Å²) in [6.07, 6.45) is 19.1. The highest BCUT2D eigenvalue weighted by molar-refractivity contribution is 5.86. The first-order valence-corrected chi connectivity index (χ1v) is 10.0. The zero-order chi connectivity index (χ0) is 20.3. The number of hydrogen-bond acceptors (Lipinski definition) is 3. The van der Waals surface area contributed by atoms with Crippen molar-refractivity contribution in [1.29, 1.82) is 0 Å². The highest BCUT2D eigenvalue weighted by Crippen LogP contribution is 2.08. The largest absolute Gasteiger partial charge is 0.481 e. The second-order valence-electron chi connectivity index (χ2n) is 6.68. The van der Waals surface area contributed by atoms with E-state index in [2.05, 4.69) is 36.5 Å². The number of carbonyl (C=O) groups excluding carboxylic acids is 1. The Labute approximate surface area is 162 Å². The third-order valence-corrected chi connectivity index (χ3v) is 4.12. The van der Waals surface area contributed by atoms with E-state index in [-0.39, 0.29) is 6.42 Å². The molecular formula is C21H35NO5. The minimum atomic E-state index is -1.36. The average molecular weight is 382 g/mol. The van der Waals surface area contributed by atoms with Crippen molar-refractivity contribution in [2.24, 2.45) is 0 Å². The Kier molecular flexibility index (Phi) is 16.0. The molecule has 0 fully saturated rings. The van der Waals surface area contributed by atoms with Crippen LogP contribution >= 0.6 is 0 Å². The molecule has 1 atom stereocenters. The van der Waals surface area contributed by atoms with Crippen LogP contribution in [0.1, 0.15) is 84.0 Å². The Balaban J connectivity index is 3.60. The van der Waals surface area contributed by atoms with Crippen molar-refractivity contribution in [2.75, 3.05) is 0 Å². The van der Waals surface area contributed by atoms with E-state index in [1.165, 1.54) is 19.3 Å². The fourth-order valence-electron chi connectivity index (χ4n) is 2.55. The molecule has 0 heterocycles. The molecule has 0 aromatic heterocycles. The Hall–Kier alpha value is -2.11. The average Bonchev–Trinajstić information content (AvgIpc) is 2.61. The maximum Gasteiger partial charge on any atom is 0.326 e. The van der Waals surface area contributed by atoms with Gasteiger partial charge in [-0.25, -0.2) is 4.79 Å². The fraction of sp³-hybridized carbons (Fsp3) is 0.667. The number of carboxylic acids is 2. The first-order chi connectivity index (χ1) is 13.0. The summed E-state index contributed by atoms with van der Waals surface area (Å²) in [7, 11) is 0. The molecule has 0 aliphatic heterocycles. The van der Waals surface area contributed by atoms with E-state index in [9.17, 15) is 14.4 Å². The van der Waals surface area contributed by atoms with Gasteiger partial charge in [0, 0.05) is 6.42 Å². The van der Waals surface area contributed by atoms with Crippen LogP contribution in [0.25, 0.3) is 0 Å². The van der Waals surface area contributed by atoms with Gasteiger partial charge in [-0.2, -0.15) is 0 Å². The molecule has 1 amide bonds. The number of rotatable bonds is 17. The molecule has 0 saturated carbocycles. The lowest BCUT2D eigenvalue weighted by atomic mass is 10.1. The van der Waals surface area contributed by atoms with Gasteiger partial charge in [0.05, 0.1) is 6.42 Å². The predicted molar refractivity (Wildman–Crippen MR) is 107 cm³/mol. The summed E-state index contributed by atoms with van der Waals surface area (Å²) in [5, 5.41) is 19.8. The molecule has 0 radical (unpaired) electrons. The molecule has 0 rings (SSSR count). The van der Waals surface area contributed by atoms with Gasteiger partial charge in [-0.05, 0) is 32.1 Å². The number of allylic oxidation sites excluding steroid dienone is 4. The number of nitrogens with one attached hydrogen (secondary N) is 1. The normalized spacial score (nSPS) is 12.5. The van der Waals surface area contributed by atoms with Gasteiger partial charge < -0.3 is 15.5 Å². The molecule has 154 valence electrons. The van der Waals surface area contributed by atoms with Crippen LogP contribution in [0.4, 0.5) is 0 Å². The van der Waals surface area contributed by atoms with E-state index in [0.717, 1.165) is 38.5 Å². The summed E-state index contributed by atoms with van der Waals surface area (Å²) >= 11 is 0. The molecule has 0 aliphatic rings. The van der Waals surface area contributed by atoms with Crippen molar-refractivity contribution in [1.82, 2.24) is 5.32 Å². The minimum Gasteiger partial charge on any atom is -0.481 e. The van der Waals surface area contributed by atoms with Crippen LogP contribution in [0.3, 0.4) is 0 Å². The van der Waals surface area contributed by atoms with Gasteiger partial charge in [0.2, 0.25) is 5.91 Å². The van der Waals surface area contributed by atoms with Gasteiger partial charge in [-0.3, -0.25) is 9.59 Å². The molecule has 0 bridgehead atoms. The van der Waals surface area contributed by atoms with Gasteiger partial charge in [0.15, 0.2) is 0 Å². The summed E-state index contributed by atoms with van der Waals surface area (Å²) < 4.78 is 0. The quantitative estimate of drug-likeness (QED) is 0.255. The van der Waals surface area contributed by atoms with Gasteiger partial charge in [-0.1, -0.05) is 63.3 Å². The highest BCUT2D eigenvalue weighted by atomic mass is 16.4. The van der Waals surface area contributed by atoms with Gasteiger partial charge in [-0.15, -0.1) is 0 Å². The van der Waals surface area contributed by atoms with Crippen LogP contribution in [0.5, 0.6) is 0 Å². The second kappa shape index (κ2) is 17.3. The first-order valence-electron chi connectivity index (χ1n) is 10.0. The van der Waals surface area contributed by atoms with Gasteiger partial charge >= 0.3 is 11.9 Å². The van der Waals surface area contributed by atoms with Crippen molar-refractivity contribution in [3.05, 3.63) is 24.3 Å². The standard InChI is InChI=1S/C21H35NO5/c1-2-3-4-5-6-7-8-9-10-11-12-13-14-15-16-19(23)22-18(21(26)27)17-20(24)25/h5-6,8-9,18H,2-4,7,10-17H2,1H3,(H,22,23)(H,24,25)(H,26,27)/b6-5-,9-8-/t18-/m0/s1. The van der Waals surface area contributed by atoms with Crippen molar-refractivity contribution in [3.63, 3.8) is 0 Å². The zero-order valence-electron chi connectivity index (χ0n) is 16.5. The summed E-state index contributed by atoms with van der Waals surface area (Å²) in [5.41, 5.74) is 0. The molecule has 0 unspecified atom stereocenters. The minimum absolute atomic E-state index is 0.230. The van der Waals surface area contributed by atoms with E-state index < -0.39 is 30.3 Å². The van der Waals surface area contributed by atoms with Crippen LogP contribution < -0.4 is 5.32 Å². The monoisotopic (exact) mass is 381 g/mol. The molecular weight excluding hydrogens is 346 g/mol. The summed E-state index contributed by atoms with van der Waals surface area (Å²) in [4.78, 5) is 33.1. The molecule has 6 heteroatoms. The Morgan fingerprint density at radius 3 is 2.04 bits per heavy atom. The molecule has 0 aromatic carbocycles. The van der Waals surface area contributed by atoms with Crippen LogP contribution in [0.2, 0.25) is 0 Å². The van der Waals surface area contributed by atoms with E-state index in [4.69, 9.17) is 10.2 Å². The lowest BCUT2D eigenvalue weighted by molar-refractivity contribution is -0.147. The number of amides is 1. The van der Waals surface area contributed by atoms with Crippen LogP contribution in [-0.2, 0) is 14.4 Å². The second-order valence-corrected chi connectivity index (χ2v) is 6.68. The fourth-order valence-corrected chi connectivity index (χ4v) is 2.55. The number of aliphatic carboxylic acids is 2. The molecule has 0 aromatic rings. The molecule has 27 heavy (non-hydrogen) atoms. The first kappa shape index (κ1) is 24.9. The van der Waals surface area contributed by atoms with Crippen molar-refractivity contribution < 1.29 is 24.6 Å². The molecule has 0 saturated heterocycles. The zero-order valence-corrected chi connectivity index (χ0v) is 16.5. The highest BCUT2D eigenvalue weighted by Gasteiger charge is 2.22. The summed E-state index contributed by atoms with van der Waals surface area (Å²) in [6.45, 7) is 2.19. The number of hydrogen-bond donors (Lipinski definition) is 3. The Bertz CT molecular complexity index is 485. The number of unbranched alkanes of at least 4 members (excludes halogenated alkanes) is 7. The van der Waals surface area contributed by atoms with Gasteiger partial charge in [0.25, 0.3) is 0 Å². The van der Waals surface area contributed by atoms with Crippen LogP contribution in [0.15, 0.2) is 24.3 Å². The molecule has 0 aliphatic carbocycles. The van der Waals surface area contributed by atoms with Crippen molar-refractivity contribution in [3.8, 4) is 0 Å². The SMILES string of the molecule is CCCC/C=C\C/C=C\CCCCCCCC(=O)N[C@@H](CC(=O)O)C(=O)O. The maximum absolute atomic E-state index is 11.7. The third-order valence-electron chi connectivity index (χ3n) is 4.12. The smallest absolute Gasteiger partial charge is 0.326 e. The van der Waals surface area contributed by atoms with Crippen LogP contribution in [0, 0.1) is 0 Å². The molecule has 3 N–H and O–H groups in total. The number of carboxylic acid groups (broad SMARTS) is 2. The topological polar surface area (TPSA) is 104 Å². The Morgan fingerprint density at radius 2 is 1.44 bits per heavy atom. The summed E-state index contributed by atoms with van der Waals surface area (Å²) in [6, 6.07) is -1.36. The van der Waals surface area contributed by atoms with E-state index in [0.29, 0.717) is 6.42 Å². The Morgan fingerprint density at radius 1 is 0.852 bits per heavy atom. The molecule has 6 nitrogen and oxygen atoms in total. The maximum atomic E-state index is 11.7. The van der Waals surface area contributed by atoms with E-state index in [1.807, 2.05) is 0 Å². The lowest BCUT2D eigenvalue weighted by Crippen LogP contribution is -2.42. The molecule has 0 spiro atoms. The van der Waals surface area contributed by atoms with Gasteiger partial charge in [0.1, 0.15) is 6.04 Å². The third kappa shape index (κ3) is 17.1. The van der Waals surface area contributed by atoms with E-state index >= 15 is 0 Å². The van der Waals surface area contributed by atoms with Crippen molar-refractivity contribution in [2.45, 2.75) is 90.0 Å². The van der Waals surface area contributed by atoms with Crippen molar-refractivity contribution >= 4 is 17.8 Å². The van der Waals surface area contributed by atoms with Crippen LogP contribution in [-0.4, -0.2) is 34.1 Å². The predicted octanol–water partition coefficient (Wildman–Crippen LogP) is 4.45.